The zero-order valence-electron chi connectivity index (χ0n) is 7.03. The number of hydrogen-bond donors (Lipinski definition) is 1. The molecule has 0 aliphatic carbocycles. The van der Waals surface area contributed by atoms with Gasteiger partial charge in [-0.3, -0.25) is 9.69 Å². The Balaban J connectivity index is 2.19. The third kappa shape index (κ3) is 2.62. The summed E-state index contributed by atoms with van der Waals surface area (Å²) in [5, 5.41) is 2.75. The zero-order valence-corrected chi connectivity index (χ0v) is 7.03. The molecule has 1 aliphatic heterocycles. The Morgan fingerprint density at radius 2 is 2.00 bits per heavy atom. The van der Waals surface area contributed by atoms with Gasteiger partial charge in [-0.05, 0) is 12.8 Å². The third-order valence-corrected chi connectivity index (χ3v) is 2.22. The van der Waals surface area contributed by atoms with Gasteiger partial charge in [0.25, 0.3) is 0 Å². The second-order valence-electron chi connectivity index (χ2n) is 3.03. The molecule has 1 N–H and O–H groups in total. The predicted molar refractivity (Wildman–Crippen MR) is 44.7 cm³/mol. The van der Waals surface area contributed by atoms with Crippen LogP contribution in [0.15, 0.2) is 0 Å². The molecule has 1 rings (SSSR count). The molecule has 0 spiro atoms. The second-order valence-corrected chi connectivity index (χ2v) is 3.03. The second kappa shape index (κ2) is 4.87. The van der Waals surface area contributed by atoms with E-state index in [0.717, 1.165) is 38.6 Å². The highest BCUT2D eigenvalue weighted by molar-refractivity contribution is 5.52. The molecule has 1 aliphatic rings. The van der Waals surface area contributed by atoms with Crippen LogP contribution in [0.1, 0.15) is 12.8 Å². The van der Waals surface area contributed by atoms with Crippen molar-refractivity contribution >= 4 is 12.7 Å². The predicted octanol–water partition coefficient (Wildman–Crippen LogP) is -0.604. The SMILES string of the molecule is O=CCN1CCC(NC=O)CC1. The summed E-state index contributed by atoms with van der Waals surface area (Å²) in [5.74, 6) is 0. The number of aldehydes is 1. The zero-order chi connectivity index (χ0) is 8.81. The van der Waals surface area contributed by atoms with Crippen molar-refractivity contribution in [2.75, 3.05) is 19.6 Å². The van der Waals surface area contributed by atoms with Gasteiger partial charge in [0.1, 0.15) is 6.29 Å². The van der Waals surface area contributed by atoms with Crippen molar-refractivity contribution in [1.82, 2.24) is 10.2 Å². The lowest BCUT2D eigenvalue weighted by Crippen LogP contribution is -2.42. The van der Waals surface area contributed by atoms with E-state index in [2.05, 4.69) is 10.2 Å². The molecule has 0 aromatic carbocycles. The Hall–Kier alpha value is -0.900. The average molecular weight is 170 g/mol. The lowest BCUT2D eigenvalue weighted by Gasteiger charge is -2.29. The summed E-state index contributed by atoms with van der Waals surface area (Å²) in [7, 11) is 0. The largest absolute Gasteiger partial charge is 0.356 e. The number of likely N-dealkylation sites (tertiary alicyclic amines) is 1. The molecule has 0 saturated carbocycles. The quantitative estimate of drug-likeness (QED) is 0.573. The van der Waals surface area contributed by atoms with Crippen molar-refractivity contribution in [3.05, 3.63) is 0 Å². The number of nitrogens with one attached hydrogen (secondary N) is 1. The smallest absolute Gasteiger partial charge is 0.207 e. The Labute approximate surface area is 71.9 Å². The Bertz CT molecular complexity index is 135. The van der Waals surface area contributed by atoms with Gasteiger partial charge in [0.15, 0.2) is 0 Å². The van der Waals surface area contributed by atoms with Gasteiger partial charge in [-0.25, -0.2) is 0 Å². The summed E-state index contributed by atoms with van der Waals surface area (Å²) in [5.41, 5.74) is 0. The van der Waals surface area contributed by atoms with Crippen LogP contribution in [-0.4, -0.2) is 43.3 Å². The minimum atomic E-state index is 0.311. The maximum atomic E-state index is 10.2. The third-order valence-electron chi connectivity index (χ3n) is 2.22. The highest BCUT2D eigenvalue weighted by atomic mass is 16.1. The van der Waals surface area contributed by atoms with Crippen molar-refractivity contribution in [1.29, 1.82) is 0 Å². The molecule has 4 heteroatoms. The normalized spacial score (nSPS) is 20.3. The number of nitrogens with zero attached hydrogens (tertiary/aromatic N) is 1. The van der Waals surface area contributed by atoms with Gasteiger partial charge < -0.3 is 10.1 Å². The fraction of sp³-hybridized carbons (Fsp3) is 0.750. The molecule has 0 atom stereocenters. The lowest BCUT2D eigenvalue weighted by molar-refractivity contribution is -0.111. The van der Waals surface area contributed by atoms with Gasteiger partial charge >= 0.3 is 0 Å². The van der Waals surface area contributed by atoms with Crippen molar-refractivity contribution in [2.24, 2.45) is 0 Å². The van der Waals surface area contributed by atoms with Crippen molar-refractivity contribution in [2.45, 2.75) is 18.9 Å². The first kappa shape index (κ1) is 9.19. The molecule has 0 aromatic heterocycles. The highest BCUT2D eigenvalue weighted by Crippen LogP contribution is 2.08. The number of carbonyl (C=O) groups excluding carboxylic acids is 2. The molecule has 0 unspecified atom stereocenters. The Kier molecular flexibility index (Phi) is 3.73. The molecule has 4 nitrogen and oxygen atoms in total. The molecule has 68 valence electrons. The van der Waals surface area contributed by atoms with Crippen LogP contribution in [0.4, 0.5) is 0 Å². The molecule has 1 heterocycles. The molecule has 1 saturated heterocycles. The summed E-state index contributed by atoms with van der Waals surface area (Å²) in [6, 6.07) is 0.311. The van der Waals surface area contributed by atoms with Gasteiger partial charge in [0.05, 0.1) is 6.54 Å². The van der Waals surface area contributed by atoms with E-state index >= 15 is 0 Å². The first-order valence-corrected chi connectivity index (χ1v) is 4.22. The highest BCUT2D eigenvalue weighted by Gasteiger charge is 2.17. The summed E-state index contributed by atoms with van der Waals surface area (Å²) >= 11 is 0. The maximum Gasteiger partial charge on any atom is 0.207 e. The molecular weight excluding hydrogens is 156 g/mol. The fourth-order valence-electron chi connectivity index (χ4n) is 1.48. The van der Waals surface area contributed by atoms with E-state index in [4.69, 9.17) is 0 Å². The molecule has 1 fully saturated rings. The van der Waals surface area contributed by atoms with Crippen LogP contribution in [0.25, 0.3) is 0 Å². The number of hydrogen-bond acceptors (Lipinski definition) is 3. The van der Waals surface area contributed by atoms with Crippen LogP contribution in [0, 0.1) is 0 Å². The molecule has 0 bridgehead atoms. The van der Waals surface area contributed by atoms with E-state index in [-0.39, 0.29) is 0 Å². The number of rotatable bonds is 4. The van der Waals surface area contributed by atoms with Crippen LogP contribution in [0.5, 0.6) is 0 Å². The first-order chi connectivity index (χ1) is 5.86. The number of amides is 1. The maximum absolute atomic E-state index is 10.2. The van der Waals surface area contributed by atoms with E-state index < -0.39 is 0 Å². The van der Waals surface area contributed by atoms with Crippen LogP contribution >= 0.6 is 0 Å². The van der Waals surface area contributed by atoms with E-state index in [1.165, 1.54) is 0 Å². The monoisotopic (exact) mass is 170 g/mol. The number of piperidine rings is 1. The van der Waals surface area contributed by atoms with Gasteiger partial charge in [-0.1, -0.05) is 0 Å². The van der Waals surface area contributed by atoms with E-state index in [0.29, 0.717) is 12.6 Å². The average Bonchev–Trinajstić information content (AvgIpc) is 2.09. The van der Waals surface area contributed by atoms with Crippen LogP contribution in [0.2, 0.25) is 0 Å². The first-order valence-electron chi connectivity index (χ1n) is 4.22. The molecule has 12 heavy (non-hydrogen) atoms. The van der Waals surface area contributed by atoms with Crippen LogP contribution in [0.3, 0.4) is 0 Å². The Morgan fingerprint density at radius 3 is 2.50 bits per heavy atom. The van der Waals surface area contributed by atoms with E-state index in [1.807, 2.05) is 0 Å². The fourth-order valence-corrected chi connectivity index (χ4v) is 1.48. The molecule has 0 aromatic rings. The summed E-state index contributed by atoms with van der Waals surface area (Å²) in [6.07, 6.45) is 3.58. The minimum absolute atomic E-state index is 0.311. The molecular formula is C8H14N2O2. The minimum Gasteiger partial charge on any atom is -0.356 e. The van der Waals surface area contributed by atoms with Gasteiger partial charge in [0, 0.05) is 19.1 Å². The van der Waals surface area contributed by atoms with Crippen molar-refractivity contribution in [3.8, 4) is 0 Å². The summed E-state index contributed by atoms with van der Waals surface area (Å²) in [4.78, 5) is 22.4. The lowest BCUT2D eigenvalue weighted by atomic mass is 10.1. The Morgan fingerprint density at radius 1 is 1.33 bits per heavy atom. The van der Waals surface area contributed by atoms with Gasteiger partial charge in [0.2, 0.25) is 6.41 Å². The molecule has 0 radical (unpaired) electrons. The van der Waals surface area contributed by atoms with Crippen molar-refractivity contribution in [3.63, 3.8) is 0 Å². The number of carbonyl (C=O) groups is 2. The van der Waals surface area contributed by atoms with Crippen molar-refractivity contribution < 1.29 is 9.59 Å². The molecule has 1 amide bonds. The standard InChI is InChI=1S/C8H14N2O2/c11-6-5-10-3-1-8(2-4-10)9-7-12/h6-8H,1-5H2,(H,9,12). The van der Waals surface area contributed by atoms with Gasteiger partial charge in [-0.15, -0.1) is 0 Å². The topological polar surface area (TPSA) is 49.4 Å². The summed E-state index contributed by atoms with van der Waals surface area (Å²) < 4.78 is 0. The van der Waals surface area contributed by atoms with Crippen LogP contribution in [-0.2, 0) is 9.59 Å². The van der Waals surface area contributed by atoms with E-state index in [9.17, 15) is 9.59 Å². The van der Waals surface area contributed by atoms with Gasteiger partial charge in [-0.2, -0.15) is 0 Å². The summed E-state index contributed by atoms with van der Waals surface area (Å²) in [6.45, 7) is 2.34. The van der Waals surface area contributed by atoms with Crippen LogP contribution < -0.4 is 5.32 Å². The van der Waals surface area contributed by atoms with E-state index in [1.54, 1.807) is 0 Å².